The van der Waals surface area contributed by atoms with Crippen LogP contribution >= 0.6 is 0 Å². The van der Waals surface area contributed by atoms with Gasteiger partial charge in [-0.05, 0) is 43.4 Å². The van der Waals surface area contributed by atoms with E-state index in [9.17, 15) is 0 Å². The third kappa shape index (κ3) is 2.38. The Balaban J connectivity index is 1.86. The summed E-state index contributed by atoms with van der Waals surface area (Å²) in [5, 5.41) is 3.96. The van der Waals surface area contributed by atoms with E-state index in [2.05, 4.69) is 26.1 Å². The summed E-state index contributed by atoms with van der Waals surface area (Å²) in [6.07, 6.45) is 8.56. The average molecular weight is 209 g/mol. The van der Waals surface area contributed by atoms with Gasteiger partial charge >= 0.3 is 0 Å². The van der Waals surface area contributed by atoms with E-state index in [1.54, 1.807) is 0 Å². The SMILES string of the molecule is CCC1CCCC1NC1CCC(C)C1C. The molecule has 88 valence electrons. The highest BCUT2D eigenvalue weighted by atomic mass is 15.0. The normalized spacial score (nSPS) is 46.2. The molecular weight excluding hydrogens is 182 g/mol. The van der Waals surface area contributed by atoms with Crippen molar-refractivity contribution in [1.82, 2.24) is 5.32 Å². The number of hydrogen-bond donors (Lipinski definition) is 1. The van der Waals surface area contributed by atoms with Gasteiger partial charge in [0.15, 0.2) is 0 Å². The zero-order valence-electron chi connectivity index (χ0n) is 10.6. The Morgan fingerprint density at radius 1 is 1.00 bits per heavy atom. The number of rotatable bonds is 3. The van der Waals surface area contributed by atoms with Gasteiger partial charge in [-0.3, -0.25) is 0 Å². The van der Waals surface area contributed by atoms with E-state index in [1.807, 2.05) is 0 Å². The van der Waals surface area contributed by atoms with Gasteiger partial charge in [0, 0.05) is 12.1 Å². The Bertz CT molecular complexity index is 200. The largest absolute Gasteiger partial charge is 0.311 e. The zero-order chi connectivity index (χ0) is 10.8. The maximum atomic E-state index is 3.96. The van der Waals surface area contributed by atoms with Gasteiger partial charge in [-0.2, -0.15) is 0 Å². The predicted octanol–water partition coefficient (Wildman–Crippen LogP) is 3.59. The zero-order valence-corrected chi connectivity index (χ0v) is 10.6. The molecule has 2 saturated carbocycles. The minimum atomic E-state index is 0.817. The molecule has 2 fully saturated rings. The molecule has 0 aromatic heterocycles. The Hall–Kier alpha value is -0.0400. The minimum absolute atomic E-state index is 0.817. The molecule has 0 aliphatic heterocycles. The second-order valence-electron chi connectivity index (χ2n) is 5.89. The lowest BCUT2D eigenvalue weighted by Crippen LogP contribution is -2.42. The van der Waals surface area contributed by atoms with Crippen LogP contribution in [0.1, 0.15) is 59.3 Å². The highest BCUT2D eigenvalue weighted by Crippen LogP contribution is 2.34. The van der Waals surface area contributed by atoms with Crippen molar-refractivity contribution < 1.29 is 0 Å². The van der Waals surface area contributed by atoms with Crippen molar-refractivity contribution in [2.45, 2.75) is 71.4 Å². The van der Waals surface area contributed by atoms with Crippen molar-refractivity contribution in [2.75, 3.05) is 0 Å². The third-order valence-corrected chi connectivity index (χ3v) is 5.08. The summed E-state index contributed by atoms with van der Waals surface area (Å²) in [7, 11) is 0. The highest BCUT2D eigenvalue weighted by Gasteiger charge is 2.34. The Morgan fingerprint density at radius 2 is 1.80 bits per heavy atom. The maximum absolute atomic E-state index is 3.96. The molecule has 0 saturated heterocycles. The van der Waals surface area contributed by atoms with Crippen LogP contribution in [-0.2, 0) is 0 Å². The molecular formula is C14H27N. The standard InChI is InChI=1S/C14H27N/c1-4-12-6-5-7-14(12)15-13-9-8-10(2)11(13)3/h10-15H,4-9H2,1-3H3. The second-order valence-corrected chi connectivity index (χ2v) is 5.89. The topological polar surface area (TPSA) is 12.0 Å². The molecule has 0 bridgehead atoms. The summed E-state index contributed by atoms with van der Waals surface area (Å²) in [6, 6.07) is 1.66. The van der Waals surface area contributed by atoms with Crippen LogP contribution < -0.4 is 5.32 Å². The van der Waals surface area contributed by atoms with Gasteiger partial charge in [-0.15, -0.1) is 0 Å². The summed E-state index contributed by atoms with van der Waals surface area (Å²) in [5.74, 6) is 2.79. The van der Waals surface area contributed by atoms with E-state index in [0.29, 0.717) is 0 Å². The lowest BCUT2D eigenvalue weighted by molar-refractivity contribution is 0.298. The molecule has 0 radical (unpaired) electrons. The first-order chi connectivity index (χ1) is 7.22. The van der Waals surface area contributed by atoms with Crippen molar-refractivity contribution >= 4 is 0 Å². The second kappa shape index (κ2) is 4.86. The van der Waals surface area contributed by atoms with E-state index in [-0.39, 0.29) is 0 Å². The van der Waals surface area contributed by atoms with Crippen LogP contribution in [0, 0.1) is 17.8 Å². The van der Waals surface area contributed by atoms with Crippen LogP contribution in [0.15, 0.2) is 0 Å². The molecule has 1 heteroatoms. The first-order valence-electron chi connectivity index (χ1n) is 6.98. The monoisotopic (exact) mass is 209 g/mol. The third-order valence-electron chi connectivity index (χ3n) is 5.08. The van der Waals surface area contributed by atoms with E-state index >= 15 is 0 Å². The van der Waals surface area contributed by atoms with Gasteiger partial charge in [0.2, 0.25) is 0 Å². The first kappa shape index (κ1) is 11.4. The van der Waals surface area contributed by atoms with Crippen LogP contribution in [0.2, 0.25) is 0 Å². The quantitative estimate of drug-likeness (QED) is 0.749. The van der Waals surface area contributed by atoms with Crippen LogP contribution in [0.3, 0.4) is 0 Å². The summed E-state index contributed by atoms with van der Waals surface area (Å²) in [6.45, 7) is 7.20. The Kier molecular flexibility index (Phi) is 3.71. The fraction of sp³-hybridized carbons (Fsp3) is 1.00. The van der Waals surface area contributed by atoms with Crippen LogP contribution in [0.5, 0.6) is 0 Å². The van der Waals surface area contributed by atoms with Crippen molar-refractivity contribution in [2.24, 2.45) is 17.8 Å². The molecule has 0 heterocycles. The minimum Gasteiger partial charge on any atom is -0.311 e. The van der Waals surface area contributed by atoms with Crippen molar-refractivity contribution in [1.29, 1.82) is 0 Å². The number of nitrogens with one attached hydrogen (secondary N) is 1. The van der Waals surface area contributed by atoms with Gasteiger partial charge in [0.25, 0.3) is 0 Å². The van der Waals surface area contributed by atoms with Crippen LogP contribution in [0.25, 0.3) is 0 Å². The molecule has 2 aliphatic rings. The predicted molar refractivity (Wildman–Crippen MR) is 65.9 cm³/mol. The maximum Gasteiger partial charge on any atom is 0.00980 e. The van der Waals surface area contributed by atoms with E-state index in [0.717, 1.165) is 29.8 Å². The summed E-state index contributed by atoms with van der Waals surface area (Å²) < 4.78 is 0. The van der Waals surface area contributed by atoms with Crippen LogP contribution in [0.4, 0.5) is 0 Å². The molecule has 2 aliphatic carbocycles. The molecule has 0 aromatic carbocycles. The Labute approximate surface area is 95.0 Å². The van der Waals surface area contributed by atoms with Gasteiger partial charge in [0.1, 0.15) is 0 Å². The van der Waals surface area contributed by atoms with Crippen molar-refractivity contribution in [3.8, 4) is 0 Å². The summed E-state index contributed by atoms with van der Waals surface area (Å²) in [4.78, 5) is 0. The molecule has 1 N–H and O–H groups in total. The fourth-order valence-corrected chi connectivity index (χ4v) is 3.62. The molecule has 5 unspecified atom stereocenters. The molecule has 0 aromatic rings. The fourth-order valence-electron chi connectivity index (χ4n) is 3.62. The van der Waals surface area contributed by atoms with E-state index < -0.39 is 0 Å². The molecule has 0 spiro atoms. The smallest absolute Gasteiger partial charge is 0.00980 e. The molecule has 2 rings (SSSR count). The Morgan fingerprint density at radius 3 is 2.40 bits per heavy atom. The van der Waals surface area contributed by atoms with E-state index in [4.69, 9.17) is 0 Å². The van der Waals surface area contributed by atoms with Crippen LogP contribution in [-0.4, -0.2) is 12.1 Å². The van der Waals surface area contributed by atoms with Gasteiger partial charge in [-0.25, -0.2) is 0 Å². The highest BCUT2D eigenvalue weighted by molar-refractivity contribution is 4.91. The van der Waals surface area contributed by atoms with Gasteiger partial charge in [-0.1, -0.05) is 33.6 Å². The van der Waals surface area contributed by atoms with Gasteiger partial charge in [0.05, 0.1) is 0 Å². The van der Waals surface area contributed by atoms with Gasteiger partial charge < -0.3 is 5.32 Å². The number of hydrogen-bond acceptors (Lipinski definition) is 1. The lowest BCUT2D eigenvalue weighted by atomic mass is 9.95. The summed E-state index contributed by atoms with van der Waals surface area (Å²) in [5.41, 5.74) is 0. The summed E-state index contributed by atoms with van der Waals surface area (Å²) >= 11 is 0. The van der Waals surface area contributed by atoms with E-state index in [1.165, 1.54) is 38.5 Å². The molecule has 0 amide bonds. The van der Waals surface area contributed by atoms with Crippen molar-refractivity contribution in [3.63, 3.8) is 0 Å². The average Bonchev–Trinajstić information content (AvgIpc) is 2.80. The molecule has 1 nitrogen and oxygen atoms in total. The first-order valence-corrected chi connectivity index (χ1v) is 6.98. The van der Waals surface area contributed by atoms with Crippen molar-refractivity contribution in [3.05, 3.63) is 0 Å². The molecule has 5 atom stereocenters. The molecule has 15 heavy (non-hydrogen) atoms. The lowest BCUT2D eigenvalue weighted by Gasteiger charge is -2.27.